The number of fused-ring (bicyclic) bond motifs is 5. The molecule has 0 N–H and O–H groups in total. The molecule has 0 amide bonds. The molecule has 4 aliphatic rings. The largest absolute Gasteiger partial charge is 0.466 e. The Hall–Kier alpha value is -2.25. The number of halogens is 1. The summed E-state index contributed by atoms with van der Waals surface area (Å²) in [4.78, 5) is 0. The van der Waals surface area contributed by atoms with Crippen LogP contribution in [0, 0.1) is 0 Å². The molecule has 6 nitrogen and oxygen atoms in total. The quantitative estimate of drug-likeness (QED) is 0.586. The second-order valence-electron chi connectivity index (χ2n) is 8.94. The van der Waals surface area contributed by atoms with Gasteiger partial charge in [-0.15, -0.1) is 0 Å². The van der Waals surface area contributed by atoms with E-state index in [2.05, 4.69) is 53.0 Å². The molecule has 1 saturated heterocycles. The minimum absolute atomic E-state index is 0.126. The molecule has 2 atom stereocenters. The van der Waals surface area contributed by atoms with Crippen molar-refractivity contribution in [3.8, 4) is 17.2 Å². The highest BCUT2D eigenvalue weighted by molar-refractivity contribution is 9.10. The lowest BCUT2D eigenvalue weighted by molar-refractivity contribution is -0.212. The highest BCUT2D eigenvalue weighted by atomic mass is 79.9. The zero-order valence-electron chi connectivity index (χ0n) is 17.0. The molecule has 4 aliphatic heterocycles. The number of benzene rings is 2. The Labute approximate surface area is 183 Å². The Morgan fingerprint density at radius 3 is 2.77 bits per heavy atom. The van der Waals surface area contributed by atoms with Crippen LogP contribution in [0.25, 0.3) is 0 Å². The van der Waals surface area contributed by atoms with Gasteiger partial charge in [-0.25, -0.2) is 5.01 Å². The molecular weight excluding hydrogens is 448 g/mol. The third kappa shape index (κ3) is 2.82. The molecule has 1 spiro atoms. The summed E-state index contributed by atoms with van der Waals surface area (Å²) in [5.74, 6) is 2.51. The predicted octanol–water partition coefficient (Wildman–Crippen LogP) is 5.01. The normalized spacial score (nSPS) is 28.0. The first kappa shape index (κ1) is 18.5. The van der Waals surface area contributed by atoms with Crippen LogP contribution in [-0.4, -0.2) is 35.4 Å². The topological polar surface area (TPSA) is 52.5 Å². The van der Waals surface area contributed by atoms with Gasteiger partial charge in [0.2, 0.25) is 12.5 Å². The summed E-state index contributed by atoms with van der Waals surface area (Å²) in [5, 5.41) is 7.33. The molecule has 0 bridgehead atoms. The molecule has 0 saturated carbocycles. The van der Waals surface area contributed by atoms with Crippen molar-refractivity contribution < 1.29 is 18.9 Å². The molecule has 30 heavy (non-hydrogen) atoms. The van der Waals surface area contributed by atoms with E-state index in [1.165, 1.54) is 5.56 Å². The maximum absolute atomic E-state index is 6.70. The summed E-state index contributed by atoms with van der Waals surface area (Å²) in [7, 11) is 0. The molecule has 0 aromatic heterocycles. The second-order valence-corrected chi connectivity index (χ2v) is 9.86. The van der Waals surface area contributed by atoms with E-state index in [-0.39, 0.29) is 18.4 Å². The second kappa shape index (κ2) is 6.37. The maximum atomic E-state index is 6.70. The molecule has 156 valence electrons. The van der Waals surface area contributed by atoms with Gasteiger partial charge in [-0.05, 0) is 50.2 Å². The number of nitrogens with zero attached hydrogens (tertiary/aromatic N) is 2. The highest BCUT2D eigenvalue weighted by Gasteiger charge is 2.54. The van der Waals surface area contributed by atoms with Crippen LogP contribution in [0.2, 0.25) is 0 Å². The van der Waals surface area contributed by atoms with Gasteiger partial charge in [-0.3, -0.25) is 0 Å². The summed E-state index contributed by atoms with van der Waals surface area (Å²) >= 11 is 3.62. The summed E-state index contributed by atoms with van der Waals surface area (Å²) < 4.78 is 24.8. The van der Waals surface area contributed by atoms with E-state index in [1.54, 1.807) is 0 Å². The van der Waals surface area contributed by atoms with Crippen LogP contribution >= 0.6 is 15.9 Å². The first-order valence-electron chi connectivity index (χ1n) is 10.3. The maximum Gasteiger partial charge on any atom is 0.231 e. The van der Waals surface area contributed by atoms with E-state index in [4.69, 9.17) is 24.0 Å². The van der Waals surface area contributed by atoms with Gasteiger partial charge in [0, 0.05) is 34.9 Å². The van der Waals surface area contributed by atoms with Crippen molar-refractivity contribution >= 4 is 21.6 Å². The summed E-state index contributed by atoms with van der Waals surface area (Å²) in [5.41, 5.74) is 2.49. The first-order chi connectivity index (χ1) is 14.4. The zero-order valence-corrected chi connectivity index (χ0v) is 18.6. The fourth-order valence-corrected chi connectivity index (χ4v) is 5.46. The van der Waals surface area contributed by atoms with Gasteiger partial charge in [-0.2, -0.15) is 5.10 Å². The average molecular weight is 471 g/mol. The number of ether oxygens (including phenoxy) is 4. The van der Waals surface area contributed by atoms with Gasteiger partial charge in [0.15, 0.2) is 11.5 Å². The minimum Gasteiger partial charge on any atom is -0.466 e. The molecule has 1 fully saturated rings. The number of hydrazone groups is 1. The molecular formula is C23H23BrN2O4. The lowest BCUT2D eigenvalue weighted by atomic mass is 9.86. The Bertz CT molecular complexity index is 1070. The van der Waals surface area contributed by atoms with Gasteiger partial charge in [0.05, 0.1) is 24.0 Å². The van der Waals surface area contributed by atoms with Gasteiger partial charge < -0.3 is 18.9 Å². The third-order valence-corrected chi connectivity index (χ3v) is 6.85. The third-order valence-electron chi connectivity index (χ3n) is 6.35. The van der Waals surface area contributed by atoms with Crippen LogP contribution in [0.1, 0.15) is 50.3 Å². The van der Waals surface area contributed by atoms with Gasteiger partial charge in [0.1, 0.15) is 5.75 Å². The molecule has 2 aromatic carbocycles. The zero-order chi connectivity index (χ0) is 20.5. The lowest BCUT2D eigenvalue weighted by Crippen LogP contribution is -2.60. The van der Waals surface area contributed by atoms with Crippen molar-refractivity contribution in [2.24, 2.45) is 5.10 Å². The molecule has 0 radical (unpaired) electrons. The first-order valence-corrected chi connectivity index (χ1v) is 11.1. The number of hydrogen-bond acceptors (Lipinski definition) is 6. The fourth-order valence-electron chi connectivity index (χ4n) is 5.08. The fraction of sp³-hybridized carbons (Fsp3) is 0.435. The van der Waals surface area contributed by atoms with E-state index in [0.29, 0.717) is 6.61 Å². The predicted molar refractivity (Wildman–Crippen MR) is 115 cm³/mol. The van der Waals surface area contributed by atoms with Crippen molar-refractivity contribution in [2.45, 2.75) is 50.5 Å². The Balaban J connectivity index is 1.45. The monoisotopic (exact) mass is 470 g/mol. The Kier molecular flexibility index (Phi) is 3.93. The van der Waals surface area contributed by atoms with E-state index in [0.717, 1.165) is 52.3 Å². The van der Waals surface area contributed by atoms with Gasteiger partial charge in [0.25, 0.3) is 0 Å². The molecule has 4 heterocycles. The highest BCUT2D eigenvalue weighted by Crippen LogP contribution is 2.52. The summed E-state index contributed by atoms with van der Waals surface area (Å²) in [6.45, 7) is 5.17. The van der Waals surface area contributed by atoms with E-state index in [1.807, 2.05) is 18.2 Å². The molecule has 7 heteroatoms. The van der Waals surface area contributed by atoms with Crippen molar-refractivity contribution in [1.82, 2.24) is 5.01 Å². The van der Waals surface area contributed by atoms with Crippen molar-refractivity contribution in [1.29, 1.82) is 0 Å². The molecule has 0 aliphatic carbocycles. The van der Waals surface area contributed by atoms with Crippen LogP contribution < -0.4 is 14.2 Å². The van der Waals surface area contributed by atoms with Gasteiger partial charge in [-0.1, -0.05) is 15.9 Å². The van der Waals surface area contributed by atoms with E-state index >= 15 is 0 Å². The van der Waals surface area contributed by atoms with Crippen LogP contribution in [0.3, 0.4) is 0 Å². The summed E-state index contributed by atoms with van der Waals surface area (Å²) in [6.07, 6.45) is 2.35. The SMILES string of the molecule is CC1(C)C[C@@]2(CCO1)Oc1ccc(Br)cc1[C@H]1CC(c3ccc4c(c3)OCO4)=NN12. The molecule has 6 rings (SSSR count). The van der Waals surface area contributed by atoms with Crippen molar-refractivity contribution in [3.05, 3.63) is 52.0 Å². The molecule has 0 unspecified atom stereocenters. The smallest absolute Gasteiger partial charge is 0.231 e. The van der Waals surface area contributed by atoms with Crippen LogP contribution in [0.4, 0.5) is 0 Å². The lowest BCUT2D eigenvalue weighted by Gasteiger charge is -2.52. The standard InChI is InChI=1S/C23H23BrN2O4/c1-22(2)12-23(7-8-29-22)26-18(16-10-15(24)4-6-19(16)30-23)11-17(25-26)14-3-5-20-21(9-14)28-13-27-20/h3-6,9-10,18H,7-8,11-13H2,1-2H3/t18-,23-/m1/s1. The van der Waals surface area contributed by atoms with E-state index < -0.39 is 5.72 Å². The van der Waals surface area contributed by atoms with E-state index in [9.17, 15) is 0 Å². The van der Waals surface area contributed by atoms with Crippen molar-refractivity contribution in [2.75, 3.05) is 13.4 Å². The average Bonchev–Trinajstić information content (AvgIpc) is 3.35. The Morgan fingerprint density at radius 2 is 1.90 bits per heavy atom. The van der Waals surface area contributed by atoms with Gasteiger partial charge >= 0.3 is 0 Å². The van der Waals surface area contributed by atoms with Crippen LogP contribution in [0.5, 0.6) is 17.2 Å². The number of rotatable bonds is 1. The molecule has 2 aromatic rings. The summed E-state index contributed by atoms with van der Waals surface area (Å²) in [6, 6.07) is 12.5. The Morgan fingerprint density at radius 1 is 1.07 bits per heavy atom. The van der Waals surface area contributed by atoms with Crippen LogP contribution in [0.15, 0.2) is 46.0 Å². The minimum atomic E-state index is -0.509. The number of hydrogen-bond donors (Lipinski definition) is 0. The van der Waals surface area contributed by atoms with Crippen LogP contribution in [-0.2, 0) is 4.74 Å². The van der Waals surface area contributed by atoms with Crippen molar-refractivity contribution in [3.63, 3.8) is 0 Å².